The average molecular weight is 519 g/mol. The third-order valence-corrected chi connectivity index (χ3v) is 8.26. The number of hydrogen-bond acceptors (Lipinski definition) is 0. The van der Waals surface area contributed by atoms with Crippen molar-refractivity contribution in [1.82, 2.24) is 0 Å². The second kappa shape index (κ2) is 20.9. The Hall–Kier alpha value is -1.96. The van der Waals surface area contributed by atoms with Gasteiger partial charge in [0.2, 0.25) is 0 Å². The van der Waals surface area contributed by atoms with Gasteiger partial charge in [0.1, 0.15) is 13.1 Å². The lowest BCUT2D eigenvalue weighted by Gasteiger charge is -2.04. The topological polar surface area (TPSA) is 7.76 Å². The van der Waals surface area contributed by atoms with Crippen LogP contribution in [-0.4, -0.2) is 0 Å². The van der Waals surface area contributed by atoms with Crippen LogP contribution in [0.25, 0.3) is 0 Å². The molecule has 0 fully saturated rings. The van der Waals surface area contributed by atoms with E-state index in [2.05, 4.69) is 70.3 Å². The van der Waals surface area contributed by atoms with Gasteiger partial charge in [-0.25, -0.2) is 9.13 Å². The van der Waals surface area contributed by atoms with E-state index in [9.17, 15) is 0 Å². The molecule has 0 amide bonds. The van der Waals surface area contributed by atoms with Crippen molar-refractivity contribution in [1.29, 1.82) is 0 Å². The summed E-state index contributed by atoms with van der Waals surface area (Å²) in [4.78, 5) is 0. The van der Waals surface area contributed by atoms with Gasteiger partial charge in [0.15, 0.2) is 24.8 Å². The molecule has 2 heteroatoms. The molecule has 2 nitrogen and oxygen atoms in total. The molecule has 3 heterocycles. The van der Waals surface area contributed by atoms with Gasteiger partial charge in [-0.1, -0.05) is 76.4 Å². The van der Waals surface area contributed by atoms with Gasteiger partial charge in [0, 0.05) is 36.1 Å². The lowest BCUT2D eigenvalue weighted by molar-refractivity contribution is -0.697. The number of pyridine rings is 2. The van der Waals surface area contributed by atoms with Gasteiger partial charge in [0.05, 0.1) is 0 Å². The Balaban J connectivity index is 1.36. The van der Waals surface area contributed by atoms with Crippen LogP contribution >= 0.6 is 0 Å². The molecule has 0 saturated carbocycles. The second-order valence-corrected chi connectivity index (χ2v) is 11.8. The molecule has 0 saturated heterocycles. The maximum absolute atomic E-state index is 2.43. The van der Waals surface area contributed by atoms with E-state index in [-0.39, 0.29) is 0 Å². The molecule has 2 aromatic rings. The Morgan fingerprint density at radius 3 is 1.21 bits per heavy atom. The molecule has 38 heavy (non-hydrogen) atoms. The Bertz CT molecular complexity index is 800. The van der Waals surface area contributed by atoms with E-state index < -0.39 is 0 Å². The molecule has 0 unspecified atom stereocenters. The van der Waals surface area contributed by atoms with Crippen molar-refractivity contribution < 1.29 is 9.13 Å². The van der Waals surface area contributed by atoms with Gasteiger partial charge in [-0.15, -0.1) is 0 Å². The van der Waals surface area contributed by atoms with Crippen LogP contribution in [-0.2, 0) is 25.9 Å². The number of fused-ring (bicyclic) bond motifs is 4. The molecule has 0 N–H and O–H groups in total. The van der Waals surface area contributed by atoms with E-state index in [0.717, 1.165) is 0 Å². The zero-order valence-corrected chi connectivity index (χ0v) is 24.6. The van der Waals surface area contributed by atoms with Crippen LogP contribution in [0, 0.1) is 0 Å². The molecule has 3 rings (SSSR count). The van der Waals surface area contributed by atoms with Crippen LogP contribution < -0.4 is 9.13 Å². The first kappa shape index (κ1) is 30.6. The summed E-state index contributed by atoms with van der Waals surface area (Å²) in [6.07, 6.45) is 43.9. The zero-order valence-electron chi connectivity index (χ0n) is 24.6. The standard InChI is InChI=1S/C36H58N2/c1-2-5-9-13-17-21-29-37-31-24-28-36(34-37)26-20-16-12-8-4-6-10-14-18-22-30-38-32-23-27-35(33-38)25-19-15-11-7-3-1/h1-2,23-24,27-28,31-34H,3-22,25-26,29-30H2/q+2/b2-1-. The summed E-state index contributed by atoms with van der Waals surface area (Å²) >= 11 is 0. The van der Waals surface area contributed by atoms with Crippen molar-refractivity contribution in [2.24, 2.45) is 0 Å². The van der Waals surface area contributed by atoms with E-state index in [1.807, 2.05) is 0 Å². The molecule has 210 valence electrons. The number of aryl methyl sites for hydroxylation is 4. The smallest absolute Gasteiger partial charge is 0.171 e. The number of rotatable bonds is 0. The number of hydrogen-bond donors (Lipinski definition) is 0. The molecular formula is C36H58N2+2. The fourth-order valence-corrected chi connectivity index (χ4v) is 5.85. The van der Waals surface area contributed by atoms with Gasteiger partial charge in [0.25, 0.3) is 0 Å². The molecule has 0 radical (unpaired) electrons. The zero-order chi connectivity index (χ0) is 26.4. The molecule has 0 spiro atoms. The van der Waals surface area contributed by atoms with E-state index in [0.29, 0.717) is 0 Å². The van der Waals surface area contributed by atoms with Crippen LogP contribution in [0.2, 0.25) is 0 Å². The van der Waals surface area contributed by atoms with Crippen LogP contribution in [0.4, 0.5) is 0 Å². The van der Waals surface area contributed by atoms with Crippen molar-refractivity contribution in [3.8, 4) is 0 Å². The van der Waals surface area contributed by atoms with Crippen LogP contribution in [0.1, 0.15) is 140 Å². The lowest BCUT2D eigenvalue weighted by Crippen LogP contribution is -2.33. The molecule has 1 aliphatic rings. The normalized spacial score (nSPS) is 20.4. The van der Waals surface area contributed by atoms with Crippen LogP contribution in [0.5, 0.6) is 0 Å². The first-order valence-corrected chi connectivity index (χ1v) is 16.5. The largest absolute Gasteiger partial charge is 0.205 e. The van der Waals surface area contributed by atoms with Crippen molar-refractivity contribution in [2.75, 3.05) is 0 Å². The van der Waals surface area contributed by atoms with E-state index in [4.69, 9.17) is 0 Å². The van der Waals surface area contributed by atoms with E-state index in [1.54, 1.807) is 0 Å². The number of allylic oxidation sites excluding steroid dienone is 2. The number of nitrogens with zero attached hydrogens (tertiary/aromatic N) is 2. The van der Waals surface area contributed by atoms with Crippen LogP contribution in [0.3, 0.4) is 0 Å². The Kier molecular flexibility index (Phi) is 16.8. The summed E-state index contributed by atoms with van der Waals surface area (Å²) in [6, 6.07) is 9.15. The first-order chi connectivity index (χ1) is 18.9. The van der Waals surface area contributed by atoms with Crippen molar-refractivity contribution in [3.05, 3.63) is 72.3 Å². The molecule has 4 bridgehead atoms. The fourth-order valence-electron chi connectivity index (χ4n) is 5.85. The van der Waals surface area contributed by atoms with Crippen molar-refractivity contribution in [3.63, 3.8) is 0 Å². The highest BCUT2D eigenvalue weighted by Gasteiger charge is 2.05. The predicted molar refractivity (Wildman–Crippen MR) is 162 cm³/mol. The van der Waals surface area contributed by atoms with Crippen LogP contribution in [0.15, 0.2) is 61.2 Å². The van der Waals surface area contributed by atoms with Gasteiger partial charge in [-0.05, 0) is 76.3 Å². The van der Waals surface area contributed by atoms with Crippen molar-refractivity contribution >= 4 is 0 Å². The molecule has 0 aliphatic carbocycles. The number of aromatic nitrogens is 2. The molecule has 2 aromatic heterocycles. The summed E-state index contributed by atoms with van der Waals surface area (Å²) < 4.78 is 4.85. The Morgan fingerprint density at radius 1 is 0.395 bits per heavy atom. The summed E-state index contributed by atoms with van der Waals surface area (Å²) in [7, 11) is 0. The minimum atomic E-state index is 1.17. The Labute approximate surface area is 235 Å². The quantitative estimate of drug-likeness (QED) is 0.242. The van der Waals surface area contributed by atoms with E-state index >= 15 is 0 Å². The summed E-state index contributed by atoms with van der Waals surface area (Å²) in [5.74, 6) is 0. The average Bonchev–Trinajstić information content (AvgIpc) is 2.94. The summed E-state index contributed by atoms with van der Waals surface area (Å²) in [5.41, 5.74) is 3.04. The minimum absolute atomic E-state index is 1.17. The molecule has 1 aliphatic heterocycles. The molecule has 0 aromatic carbocycles. The highest BCUT2D eigenvalue weighted by atomic mass is 14.9. The fraction of sp³-hybridized carbons (Fsp3) is 0.667. The van der Waals surface area contributed by atoms with Gasteiger partial charge >= 0.3 is 0 Å². The van der Waals surface area contributed by atoms with E-state index in [1.165, 1.54) is 165 Å². The summed E-state index contributed by atoms with van der Waals surface area (Å²) in [6.45, 7) is 2.36. The highest BCUT2D eigenvalue weighted by molar-refractivity contribution is 5.05. The van der Waals surface area contributed by atoms with Gasteiger partial charge in [-0.2, -0.15) is 0 Å². The Morgan fingerprint density at radius 2 is 0.763 bits per heavy atom. The second-order valence-electron chi connectivity index (χ2n) is 11.8. The SMILES string of the molecule is C1=C\CCCCCC[n+]2cccc(c2)CCCCCCCCCCCC[n+]2cccc(c2)CCCCCC/1. The van der Waals surface area contributed by atoms with Crippen molar-refractivity contribution in [2.45, 2.75) is 154 Å². The monoisotopic (exact) mass is 518 g/mol. The minimum Gasteiger partial charge on any atom is -0.205 e. The predicted octanol–water partition coefficient (Wildman–Crippen LogP) is 9.42. The highest BCUT2D eigenvalue weighted by Crippen LogP contribution is 2.13. The third-order valence-electron chi connectivity index (χ3n) is 8.26. The maximum Gasteiger partial charge on any atom is 0.171 e. The summed E-state index contributed by atoms with van der Waals surface area (Å²) in [5, 5.41) is 0. The first-order valence-electron chi connectivity index (χ1n) is 16.5. The maximum atomic E-state index is 2.43. The third kappa shape index (κ3) is 14.8. The van der Waals surface area contributed by atoms with Gasteiger partial charge < -0.3 is 0 Å². The lowest BCUT2D eigenvalue weighted by atomic mass is 10.0. The molecule has 0 atom stereocenters. The molecular weight excluding hydrogens is 460 g/mol. The van der Waals surface area contributed by atoms with Gasteiger partial charge in [-0.3, -0.25) is 0 Å².